The van der Waals surface area contributed by atoms with Gasteiger partial charge in [-0.1, -0.05) is 0 Å². The number of fused-ring (bicyclic) bond motifs is 1. The van der Waals surface area contributed by atoms with Crippen molar-refractivity contribution in [3.63, 3.8) is 0 Å². The summed E-state index contributed by atoms with van der Waals surface area (Å²) in [5.74, 6) is -6.64. The molecular weight excluding hydrogens is 692 g/mol. The van der Waals surface area contributed by atoms with E-state index < -0.39 is 89.9 Å². The molecule has 0 bridgehead atoms. The number of benzene rings is 2. The molecule has 1 aliphatic heterocycles. The average Bonchev–Trinajstić information content (AvgIpc) is 3.00. The number of rotatable bonds is 11. The number of hydrogen-bond donors (Lipinski definition) is 0. The normalized spacial score (nSPS) is 19.5. The van der Waals surface area contributed by atoms with Gasteiger partial charge in [0.05, 0.1) is 0 Å². The smallest absolute Gasteiger partial charge is 0.308 e. The fraction of sp³-hybridized carbons (Fsp3) is 0.371. The zero-order valence-electron chi connectivity index (χ0n) is 29.0. The summed E-state index contributed by atoms with van der Waals surface area (Å²) in [6.45, 7) is 7.73. The summed E-state index contributed by atoms with van der Waals surface area (Å²) < 4.78 is 50.2. The number of ketones is 1. The minimum atomic E-state index is -1.85. The van der Waals surface area contributed by atoms with Crippen LogP contribution in [-0.4, -0.2) is 72.3 Å². The van der Waals surface area contributed by atoms with E-state index in [1.165, 1.54) is 44.2 Å². The number of ether oxygens (including phenoxy) is 8. The van der Waals surface area contributed by atoms with E-state index in [4.69, 9.17) is 42.3 Å². The van der Waals surface area contributed by atoms with Crippen molar-refractivity contribution in [1.29, 1.82) is 0 Å². The minimum Gasteiger partial charge on any atom is -0.456 e. The van der Waals surface area contributed by atoms with Crippen LogP contribution >= 0.6 is 0 Å². The number of esters is 6. The Bertz CT molecular complexity index is 1980. The second kappa shape index (κ2) is 16.3. The fourth-order valence-corrected chi connectivity index (χ4v) is 5.35. The highest BCUT2D eigenvalue weighted by molar-refractivity contribution is 5.91. The third-order valence-electron chi connectivity index (χ3n) is 7.00. The van der Waals surface area contributed by atoms with Crippen molar-refractivity contribution in [2.45, 2.75) is 85.6 Å². The summed E-state index contributed by atoms with van der Waals surface area (Å²) in [7, 11) is 0. The Labute approximate surface area is 294 Å². The van der Waals surface area contributed by atoms with Crippen molar-refractivity contribution in [3.8, 4) is 34.3 Å². The van der Waals surface area contributed by atoms with E-state index in [0.29, 0.717) is 0 Å². The molecule has 276 valence electrons. The van der Waals surface area contributed by atoms with Crippen molar-refractivity contribution in [2.24, 2.45) is 0 Å². The monoisotopic (exact) mass is 726 g/mol. The predicted molar refractivity (Wildman–Crippen MR) is 173 cm³/mol. The molecule has 3 aromatic rings. The lowest BCUT2D eigenvalue weighted by atomic mass is 9.94. The molecule has 2 aromatic carbocycles. The molecule has 1 saturated heterocycles. The molecule has 2 heterocycles. The maximum atomic E-state index is 14.5. The number of carbonyl (C=O) groups is 7. The van der Waals surface area contributed by atoms with Gasteiger partial charge in [-0.2, -0.15) is 0 Å². The second-order valence-electron chi connectivity index (χ2n) is 11.5. The van der Waals surface area contributed by atoms with Crippen LogP contribution < -0.4 is 24.4 Å². The van der Waals surface area contributed by atoms with E-state index in [1.54, 1.807) is 0 Å². The molecule has 1 aromatic heterocycles. The van der Waals surface area contributed by atoms with Gasteiger partial charge in [0, 0.05) is 65.7 Å². The highest BCUT2D eigenvalue weighted by atomic mass is 16.7. The fourth-order valence-electron chi connectivity index (χ4n) is 5.35. The zero-order chi connectivity index (χ0) is 38.4. The SMILES string of the molecule is CC(=O)C[C@H]1O[C@@H](Oc2c(-c3ccc(OC(C)=O)cc3)oc3cc(OC(C)=O)cc(OC(C)=O)c3c2=O)[C@H](OC(C)=O)[C@@H](OC(C)=O)[C@H]1OC(C)=O. The number of hydrogen-bond acceptors (Lipinski definition) is 17. The summed E-state index contributed by atoms with van der Waals surface area (Å²) >= 11 is 0. The van der Waals surface area contributed by atoms with E-state index in [0.717, 1.165) is 40.7 Å². The molecular formula is C35H34O17. The number of carbonyl (C=O) groups excluding carboxylic acids is 7. The van der Waals surface area contributed by atoms with Gasteiger partial charge < -0.3 is 42.3 Å². The first kappa shape index (κ1) is 38.7. The van der Waals surface area contributed by atoms with Crippen molar-refractivity contribution in [2.75, 3.05) is 0 Å². The quantitative estimate of drug-likeness (QED) is 0.157. The van der Waals surface area contributed by atoms with Gasteiger partial charge in [-0.15, -0.1) is 0 Å². The molecule has 0 spiro atoms. The van der Waals surface area contributed by atoms with E-state index in [-0.39, 0.29) is 39.5 Å². The Hall–Kier alpha value is -6.10. The lowest BCUT2D eigenvalue weighted by Crippen LogP contribution is -2.63. The van der Waals surface area contributed by atoms with Crippen molar-refractivity contribution in [1.82, 2.24) is 0 Å². The molecule has 0 amide bonds. The van der Waals surface area contributed by atoms with E-state index in [9.17, 15) is 38.4 Å². The third-order valence-corrected chi connectivity index (χ3v) is 7.00. The molecule has 0 unspecified atom stereocenters. The van der Waals surface area contributed by atoms with E-state index in [1.807, 2.05) is 0 Å². The van der Waals surface area contributed by atoms with Gasteiger partial charge in [0.2, 0.25) is 23.6 Å². The minimum absolute atomic E-state index is 0.134. The van der Waals surface area contributed by atoms with Crippen LogP contribution in [0, 0.1) is 0 Å². The summed E-state index contributed by atoms with van der Waals surface area (Å²) in [5.41, 5.74) is -1.08. The summed E-state index contributed by atoms with van der Waals surface area (Å²) in [6, 6.07) is 7.86. The van der Waals surface area contributed by atoms with Crippen LogP contribution in [0.1, 0.15) is 54.9 Å². The lowest BCUT2D eigenvalue weighted by Gasteiger charge is -2.44. The van der Waals surface area contributed by atoms with Gasteiger partial charge in [0.15, 0.2) is 18.0 Å². The Balaban J connectivity index is 2.01. The van der Waals surface area contributed by atoms with Gasteiger partial charge in [-0.05, 0) is 31.2 Å². The first-order chi connectivity index (χ1) is 24.4. The molecule has 0 N–H and O–H groups in total. The second-order valence-corrected chi connectivity index (χ2v) is 11.5. The molecule has 0 aliphatic carbocycles. The number of Topliss-reactive ketones (excluding diaryl/α,β-unsaturated/α-hetero) is 1. The Kier molecular flexibility index (Phi) is 12.1. The van der Waals surface area contributed by atoms with Crippen molar-refractivity contribution < 1.29 is 75.9 Å². The first-order valence-corrected chi connectivity index (χ1v) is 15.6. The van der Waals surface area contributed by atoms with Crippen LogP contribution in [0.2, 0.25) is 0 Å². The van der Waals surface area contributed by atoms with Crippen LogP contribution in [0.25, 0.3) is 22.3 Å². The van der Waals surface area contributed by atoms with Crippen LogP contribution in [0.5, 0.6) is 23.0 Å². The van der Waals surface area contributed by atoms with Gasteiger partial charge >= 0.3 is 35.8 Å². The molecule has 0 saturated carbocycles. The van der Waals surface area contributed by atoms with Crippen LogP contribution in [0.3, 0.4) is 0 Å². The largest absolute Gasteiger partial charge is 0.456 e. The Morgan fingerprint density at radius 1 is 0.635 bits per heavy atom. The van der Waals surface area contributed by atoms with E-state index in [2.05, 4.69) is 0 Å². The highest BCUT2D eigenvalue weighted by Gasteiger charge is 2.53. The molecule has 17 nitrogen and oxygen atoms in total. The molecule has 1 aliphatic rings. The van der Waals surface area contributed by atoms with Crippen LogP contribution in [0.4, 0.5) is 0 Å². The third kappa shape index (κ3) is 9.57. The summed E-state index contributed by atoms with van der Waals surface area (Å²) in [4.78, 5) is 99.0. The maximum absolute atomic E-state index is 14.5. The Morgan fingerprint density at radius 3 is 1.71 bits per heavy atom. The van der Waals surface area contributed by atoms with Gasteiger partial charge in [0.1, 0.15) is 40.1 Å². The summed E-state index contributed by atoms with van der Waals surface area (Å²) in [5, 5.41) is -0.365. The maximum Gasteiger partial charge on any atom is 0.308 e. The topological polar surface area (TPSA) is 224 Å². The van der Waals surface area contributed by atoms with Crippen LogP contribution in [0.15, 0.2) is 45.6 Å². The first-order valence-electron chi connectivity index (χ1n) is 15.6. The molecule has 17 heteroatoms. The van der Waals surface area contributed by atoms with Crippen molar-refractivity contribution in [3.05, 3.63) is 46.6 Å². The summed E-state index contributed by atoms with van der Waals surface area (Å²) in [6.07, 6.45) is -8.43. The predicted octanol–water partition coefficient (Wildman–Crippen LogP) is 3.11. The van der Waals surface area contributed by atoms with Crippen LogP contribution in [-0.2, 0) is 52.5 Å². The molecule has 52 heavy (non-hydrogen) atoms. The van der Waals surface area contributed by atoms with E-state index >= 15 is 0 Å². The van der Waals surface area contributed by atoms with Gasteiger partial charge in [0.25, 0.3) is 0 Å². The molecule has 5 atom stereocenters. The lowest BCUT2D eigenvalue weighted by molar-refractivity contribution is -0.283. The molecule has 0 radical (unpaired) electrons. The standard InChI is InChI=1S/C35H34O17/c1-15(36)12-27-31(47-19(5)40)33(48-20(6)41)34(49-21(7)42)35(51-27)52-32-29(43)28-25(46-18(4)39)13-24(45-17(3)38)14-26(28)50-30(32)22-8-10-23(11-9-22)44-16(2)37/h8-11,13-14,27,31,33-35H,12H2,1-7H3/t27-,31+,33+,34-,35+/m1/s1. The Morgan fingerprint density at radius 2 is 1.17 bits per heavy atom. The average molecular weight is 727 g/mol. The molecule has 1 fully saturated rings. The zero-order valence-corrected chi connectivity index (χ0v) is 29.0. The molecule has 4 rings (SSSR count). The highest BCUT2D eigenvalue weighted by Crippen LogP contribution is 2.39. The van der Waals surface area contributed by atoms with Crippen molar-refractivity contribution >= 4 is 52.6 Å². The van der Waals surface area contributed by atoms with Gasteiger partial charge in [-0.25, -0.2) is 0 Å². The van der Waals surface area contributed by atoms with Gasteiger partial charge in [-0.3, -0.25) is 38.4 Å².